The minimum Gasteiger partial charge on any atom is -0.353 e. The number of rotatable bonds is 8. The van der Waals surface area contributed by atoms with Gasteiger partial charge in [-0.05, 0) is 0 Å². The zero-order valence-electron chi connectivity index (χ0n) is 7.32. The molecule has 0 aliphatic heterocycles. The van der Waals surface area contributed by atoms with Crippen LogP contribution in [0.15, 0.2) is 0 Å². The second-order valence-corrected chi connectivity index (χ2v) is 4.80. The Morgan fingerprint density at radius 3 is 2.69 bits per heavy atom. The van der Waals surface area contributed by atoms with Gasteiger partial charge >= 0.3 is 0 Å². The van der Waals surface area contributed by atoms with Gasteiger partial charge in [-0.15, -0.1) is 0 Å². The summed E-state index contributed by atoms with van der Waals surface area (Å²) < 4.78 is 0. The molecule has 78 valence electrons. The number of carbonyl (C=O) groups excluding carboxylic acids is 1. The molecule has 0 unspecified atom stereocenters. The summed E-state index contributed by atoms with van der Waals surface area (Å²) in [5, 5.41) is 2.65. The summed E-state index contributed by atoms with van der Waals surface area (Å²) in [5.41, 5.74) is 5.30. The lowest BCUT2D eigenvalue weighted by Crippen LogP contribution is -2.30. The highest BCUT2D eigenvalue weighted by Crippen LogP contribution is 2.18. The molecule has 0 rings (SSSR count). The van der Waals surface area contributed by atoms with Gasteiger partial charge in [-0.1, -0.05) is 21.6 Å². The molecule has 0 bridgehead atoms. The second-order valence-electron chi connectivity index (χ2n) is 2.09. The summed E-state index contributed by atoms with van der Waals surface area (Å²) in [6, 6.07) is 0. The largest absolute Gasteiger partial charge is 0.353 e. The first kappa shape index (κ1) is 13.1. The van der Waals surface area contributed by atoms with E-state index in [-0.39, 0.29) is 12.5 Å². The monoisotopic (exact) mass is 225 g/mol. The molecule has 0 aliphatic rings. The summed E-state index contributed by atoms with van der Waals surface area (Å²) in [6.45, 7) is 1.23. The van der Waals surface area contributed by atoms with E-state index in [1.165, 1.54) is 0 Å². The van der Waals surface area contributed by atoms with Crippen molar-refractivity contribution < 1.29 is 9.63 Å². The van der Waals surface area contributed by atoms with Gasteiger partial charge in [-0.3, -0.25) is 9.63 Å². The van der Waals surface area contributed by atoms with Crippen LogP contribution in [-0.2, 0) is 9.63 Å². The number of hydrogen-bond donors (Lipinski definition) is 3. The quantitative estimate of drug-likeness (QED) is 0.288. The zero-order chi connectivity index (χ0) is 9.94. The minimum absolute atomic E-state index is 0.0827. The lowest BCUT2D eigenvalue weighted by molar-refractivity contribution is -0.125. The van der Waals surface area contributed by atoms with E-state index >= 15 is 0 Å². The van der Waals surface area contributed by atoms with Crippen LogP contribution in [0.1, 0.15) is 0 Å². The van der Waals surface area contributed by atoms with Gasteiger partial charge in [0.05, 0.1) is 0 Å². The first-order valence-electron chi connectivity index (χ1n) is 3.84. The fraction of sp³-hybridized carbons (Fsp3) is 0.833. The Kier molecular flexibility index (Phi) is 10.2. The maximum absolute atomic E-state index is 10.8. The van der Waals surface area contributed by atoms with Crippen LogP contribution in [0.5, 0.6) is 0 Å². The molecule has 7 heteroatoms. The van der Waals surface area contributed by atoms with E-state index < -0.39 is 0 Å². The average Bonchev–Trinajstić information content (AvgIpc) is 2.11. The third-order valence-corrected chi connectivity index (χ3v) is 3.45. The second kappa shape index (κ2) is 10.1. The van der Waals surface area contributed by atoms with Crippen LogP contribution in [0.3, 0.4) is 0 Å². The topological polar surface area (TPSA) is 90.4 Å². The number of nitrogens with one attached hydrogen (secondary N) is 1. The highest BCUT2D eigenvalue weighted by molar-refractivity contribution is 8.76. The molecule has 0 heterocycles. The lowest BCUT2D eigenvalue weighted by Gasteiger charge is -2.02. The summed E-state index contributed by atoms with van der Waals surface area (Å²) in [5.74, 6) is 6.32. The van der Waals surface area contributed by atoms with Gasteiger partial charge in [-0.2, -0.15) is 0 Å². The zero-order valence-corrected chi connectivity index (χ0v) is 8.96. The van der Waals surface area contributed by atoms with E-state index in [9.17, 15) is 4.79 Å². The van der Waals surface area contributed by atoms with Gasteiger partial charge in [0.25, 0.3) is 0 Å². The van der Waals surface area contributed by atoms with Crippen molar-refractivity contribution in [1.29, 1.82) is 0 Å². The average molecular weight is 225 g/mol. The molecule has 0 aromatic carbocycles. The third kappa shape index (κ3) is 9.97. The Morgan fingerprint density at radius 1 is 1.38 bits per heavy atom. The minimum atomic E-state index is -0.188. The van der Waals surface area contributed by atoms with E-state index in [1.807, 2.05) is 0 Å². The summed E-state index contributed by atoms with van der Waals surface area (Å²) in [6.07, 6.45) is 0. The van der Waals surface area contributed by atoms with Crippen molar-refractivity contribution in [2.75, 3.05) is 31.2 Å². The summed E-state index contributed by atoms with van der Waals surface area (Å²) >= 11 is 0. The Bertz CT molecular complexity index is 137. The Balaban J connectivity index is 3.02. The maximum atomic E-state index is 10.8. The van der Waals surface area contributed by atoms with Crippen LogP contribution in [0.25, 0.3) is 0 Å². The Morgan fingerprint density at radius 2 is 2.08 bits per heavy atom. The molecule has 5 N–H and O–H groups in total. The van der Waals surface area contributed by atoms with E-state index in [2.05, 4.69) is 10.2 Å². The van der Waals surface area contributed by atoms with Gasteiger partial charge < -0.3 is 11.1 Å². The molecule has 13 heavy (non-hydrogen) atoms. The van der Waals surface area contributed by atoms with E-state index in [1.54, 1.807) is 21.6 Å². The number of hydrogen-bond acceptors (Lipinski definition) is 6. The molecular formula is C6H15N3O2S2. The smallest absolute Gasteiger partial charge is 0.248 e. The van der Waals surface area contributed by atoms with Crippen LogP contribution in [0, 0.1) is 0 Å². The molecular weight excluding hydrogens is 210 g/mol. The van der Waals surface area contributed by atoms with Crippen molar-refractivity contribution in [2.24, 2.45) is 11.6 Å². The van der Waals surface area contributed by atoms with E-state index in [4.69, 9.17) is 11.6 Å². The molecule has 0 aromatic rings. The fourth-order valence-electron chi connectivity index (χ4n) is 0.525. The van der Waals surface area contributed by atoms with Crippen LogP contribution < -0.4 is 16.9 Å². The van der Waals surface area contributed by atoms with Crippen LogP contribution in [-0.4, -0.2) is 37.1 Å². The first-order valence-corrected chi connectivity index (χ1v) is 6.33. The number of amides is 1. The number of carbonyl (C=O) groups is 1. The van der Waals surface area contributed by atoms with Gasteiger partial charge in [0, 0.05) is 24.6 Å². The van der Waals surface area contributed by atoms with E-state index in [0.717, 1.165) is 11.5 Å². The molecule has 0 saturated heterocycles. The molecule has 0 atom stereocenters. The van der Waals surface area contributed by atoms with Crippen molar-refractivity contribution in [2.45, 2.75) is 0 Å². The molecule has 0 radical (unpaired) electrons. The van der Waals surface area contributed by atoms with Crippen LogP contribution in [0.4, 0.5) is 0 Å². The highest BCUT2D eigenvalue weighted by Gasteiger charge is 1.98. The Labute approximate surface area is 85.7 Å². The van der Waals surface area contributed by atoms with Crippen molar-refractivity contribution in [3.05, 3.63) is 0 Å². The maximum Gasteiger partial charge on any atom is 0.248 e. The molecule has 0 fully saturated rings. The van der Waals surface area contributed by atoms with Gasteiger partial charge in [0.2, 0.25) is 5.91 Å². The molecule has 0 saturated carbocycles. The molecule has 0 spiro atoms. The molecule has 5 nitrogen and oxygen atoms in total. The first-order chi connectivity index (χ1) is 6.31. The standard InChI is InChI=1S/C6H15N3O2S2/c7-1-3-12-13-4-2-9-6(10)5-11-8/h1-5,7-8H2,(H,9,10). The predicted octanol–water partition coefficient (Wildman–Crippen LogP) is -0.667. The SMILES string of the molecule is NCCSSCCNC(=O)CON. The van der Waals surface area contributed by atoms with Gasteiger partial charge in [0.15, 0.2) is 0 Å². The van der Waals surface area contributed by atoms with Crippen LogP contribution >= 0.6 is 21.6 Å². The molecule has 0 aromatic heterocycles. The fourth-order valence-corrected chi connectivity index (χ4v) is 2.29. The summed E-state index contributed by atoms with van der Waals surface area (Å²) in [4.78, 5) is 14.9. The Hall–Kier alpha value is 0.0500. The van der Waals surface area contributed by atoms with Crippen molar-refractivity contribution in [3.8, 4) is 0 Å². The van der Waals surface area contributed by atoms with Crippen molar-refractivity contribution >= 4 is 27.5 Å². The summed E-state index contributed by atoms with van der Waals surface area (Å²) in [7, 11) is 3.39. The van der Waals surface area contributed by atoms with Crippen molar-refractivity contribution in [1.82, 2.24) is 5.32 Å². The lowest BCUT2D eigenvalue weighted by atomic mass is 10.6. The third-order valence-electron chi connectivity index (χ3n) is 1.01. The number of nitrogens with two attached hydrogens (primary N) is 2. The van der Waals surface area contributed by atoms with Gasteiger partial charge in [0.1, 0.15) is 6.61 Å². The van der Waals surface area contributed by atoms with E-state index in [0.29, 0.717) is 13.1 Å². The van der Waals surface area contributed by atoms with Crippen LogP contribution in [0.2, 0.25) is 0 Å². The predicted molar refractivity (Wildman–Crippen MR) is 57.1 cm³/mol. The normalized spacial score (nSPS) is 10.0. The highest BCUT2D eigenvalue weighted by atomic mass is 33.1. The van der Waals surface area contributed by atoms with Gasteiger partial charge in [-0.25, -0.2) is 5.90 Å². The van der Waals surface area contributed by atoms with Crippen molar-refractivity contribution in [3.63, 3.8) is 0 Å². The molecule has 1 amide bonds. The molecule has 0 aliphatic carbocycles.